The van der Waals surface area contributed by atoms with Crippen LogP contribution in [0.1, 0.15) is 94.9 Å². The van der Waals surface area contributed by atoms with Gasteiger partial charge in [0.25, 0.3) is 0 Å². The first-order valence-corrected chi connectivity index (χ1v) is 34.5. The molecule has 7 aromatic rings. The van der Waals surface area contributed by atoms with Crippen molar-refractivity contribution in [2.75, 3.05) is 26.2 Å². The van der Waals surface area contributed by atoms with Gasteiger partial charge in [-0.2, -0.15) is 0 Å². The van der Waals surface area contributed by atoms with Crippen molar-refractivity contribution >= 4 is 76.8 Å². The number of imidazole rings is 6. The van der Waals surface area contributed by atoms with Gasteiger partial charge in [-0.15, -0.1) is 0 Å². The van der Waals surface area contributed by atoms with E-state index in [2.05, 4.69) is 129 Å². The Labute approximate surface area is 612 Å². The number of hydrogen-bond donors (Lipinski definition) is 19. The topological polar surface area (TPSA) is 569 Å². The van der Waals surface area contributed by atoms with Crippen LogP contribution in [0, 0.1) is 0 Å². The number of fused-ring (bicyclic) bond motifs is 1. The molecule has 0 fully saturated rings. The predicted molar refractivity (Wildman–Crippen MR) is 375 cm³/mol. The van der Waals surface area contributed by atoms with E-state index in [4.69, 9.17) is 9.47 Å². The number of rotatable bonds is 41. The van der Waals surface area contributed by atoms with Crippen LogP contribution >= 0.6 is 0 Å². The zero-order valence-electron chi connectivity index (χ0n) is 59.5. The third kappa shape index (κ3) is 25.2. The minimum Gasteiger partial charge on any atom is -0.483 e. The van der Waals surface area contributed by atoms with E-state index in [0.717, 1.165) is 13.8 Å². The second kappa shape index (κ2) is 39.7. The van der Waals surface area contributed by atoms with Crippen LogP contribution in [0.4, 0.5) is 0 Å². The summed E-state index contributed by atoms with van der Waals surface area (Å²) in [6.07, 6.45) is 17.0. The fourth-order valence-electron chi connectivity index (χ4n) is 11.3. The number of H-pyrrole nitrogens is 6. The molecule has 11 unspecified atom stereocenters. The third-order valence-electron chi connectivity index (χ3n) is 16.6. The van der Waals surface area contributed by atoms with Gasteiger partial charge >= 0.3 is 0 Å². The van der Waals surface area contributed by atoms with Gasteiger partial charge in [-0.3, -0.25) is 62.3 Å². The summed E-state index contributed by atoms with van der Waals surface area (Å²) < 4.78 is 12.5. The Morgan fingerprint density at radius 1 is 0.336 bits per heavy atom. The number of carbonyl (C=O) groups is 13. The molecular weight excluding hydrogens is 1390 g/mol. The quantitative estimate of drug-likeness (QED) is 0.0171. The SMILES string of the molecule is CCC1Oc2ccc(CCNC(=O)C(CNC(=O)C(Cc3ncc[nH]3)NC(=O)C(CNC(=O)C(Cc3ncc[nH]3)NC(C)=O)NC(=O)C(Cc3ncc[nH]3)NC(C)=O)NC(=O)C(Cc3ncc[nH]3)NC(=O)C(CNC(=O)C(Cc3ncc[nH]3)NC(C)=O)NC(=O)C(Cc3ncc[nH]3)NC(C)=O)cc2OC1CC. The lowest BCUT2D eigenvalue weighted by Gasteiger charge is -2.33. The van der Waals surface area contributed by atoms with Crippen molar-refractivity contribution in [3.63, 3.8) is 0 Å². The molecule has 19 N–H and O–H groups in total. The minimum absolute atomic E-state index is 0.0729. The average Bonchev–Trinajstić information content (AvgIpc) is 1.58. The number of carbonyl (C=O) groups excluding carboxylic acids is 13. The third-order valence-corrected chi connectivity index (χ3v) is 16.6. The second-order valence-electron chi connectivity index (χ2n) is 24.9. The smallest absolute Gasteiger partial charge is 0.245 e. The Balaban J connectivity index is 1.08. The molecule has 40 nitrogen and oxygen atoms in total. The summed E-state index contributed by atoms with van der Waals surface area (Å²) in [5, 5.41) is 33.7. The Hall–Kier alpha value is -12.8. The van der Waals surface area contributed by atoms with Gasteiger partial charge in [-0.1, -0.05) is 19.9 Å². The van der Waals surface area contributed by atoms with Gasteiger partial charge in [-0.25, -0.2) is 29.9 Å². The Bertz CT molecular complexity index is 4100. The molecule has 6 aromatic heterocycles. The van der Waals surface area contributed by atoms with Crippen LogP contribution in [-0.4, -0.2) is 229 Å². The Morgan fingerprint density at radius 3 is 0.879 bits per heavy atom. The highest BCUT2D eigenvalue weighted by atomic mass is 16.6. The molecule has 0 bridgehead atoms. The van der Waals surface area contributed by atoms with Crippen molar-refractivity contribution in [3.05, 3.63) is 133 Å². The van der Waals surface area contributed by atoms with Crippen molar-refractivity contribution in [1.29, 1.82) is 0 Å². The molecule has 0 saturated heterocycles. The highest BCUT2D eigenvalue weighted by Crippen LogP contribution is 2.36. The minimum atomic E-state index is -1.77. The van der Waals surface area contributed by atoms with Gasteiger partial charge in [0.1, 0.15) is 102 Å². The van der Waals surface area contributed by atoms with Gasteiger partial charge in [0.05, 0.1) is 0 Å². The molecule has 0 saturated carbocycles. The fraction of sp³-hybridized carbons (Fsp3) is 0.448. The van der Waals surface area contributed by atoms with Crippen LogP contribution in [0.3, 0.4) is 0 Å². The van der Waals surface area contributed by atoms with Crippen molar-refractivity contribution in [1.82, 2.24) is 129 Å². The summed E-state index contributed by atoms with van der Waals surface area (Å²) in [4.78, 5) is 223. The maximum absolute atomic E-state index is 15.1. The second-order valence-corrected chi connectivity index (χ2v) is 24.9. The highest BCUT2D eigenvalue weighted by molar-refractivity contribution is 5.98. The molecule has 0 radical (unpaired) electrons. The number of nitrogens with one attached hydrogen (secondary N) is 19. The molecule has 1 aromatic carbocycles. The molecule has 0 aliphatic carbocycles. The monoisotopic (exact) mass is 1480 g/mol. The van der Waals surface area contributed by atoms with Gasteiger partial charge in [-0.05, 0) is 37.0 Å². The molecule has 572 valence electrons. The highest BCUT2D eigenvalue weighted by Gasteiger charge is 2.37. The lowest BCUT2D eigenvalue weighted by atomic mass is 10.1. The van der Waals surface area contributed by atoms with E-state index in [1.807, 2.05) is 13.8 Å². The van der Waals surface area contributed by atoms with Gasteiger partial charge in [0, 0.05) is 167 Å². The zero-order chi connectivity index (χ0) is 76.9. The average molecular weight is 1480 g/mol. The molecule has 7 heterocycles. The summed E-state index contributed by atoms with van der Waals surface area (Å²) >= 11 is 0. The van der Waals surface area contributed by atoms with Crippen molar-refractivity contribution in [2.45, 2.75) is 166 Å². The summed E-state index contributed by atoms with van der Waals surface area (Å²) in [5.41, 5.74) is 0.716. The molecule has 8 rings (SSSR count). The summed E-state index contributed by atoms with van der Waals surface area (Å²) in [6.45, 7) is 6.47. The number of nitrogens with zero attached hydrogens (tertiary/aromatic N) is 6. The van der Waals surface area contributed by atoms with Crippen LogP contribution < -0.4 is 78.6 Å². The van der Waals surface area contributed by atoms with E-state index < -0.39 is 164 Å². The first-order valence-electron chi connectivity index (χ1n) is 34.5. The van der Waals surface area contributed by atoms with Crippen molar-refractivity contribution < 1.29 is 71.8 Å². The maximum Gasteiger partial charge on any atom is 0.245 e. The number of amides is 13. The Morgan fingerprint density at radius 2 is 0.589 bits per heavy atom. The number of aromatic amines is 6. The normalized spacial score (nSPS) is 15.4. The zero-order valence-corrected chi connectivity index (χ0v) is 59.5. The molecule has 40 heteroatoms. The van der Waals surface area contributed by atoms with Gasteiger partial charge in [0.2, 0.25) is 76.8 Å². The maximum atomic E-state index is 15.1. The standard InChI is InChI=1S/C67H89N25O15/c1-7-49-50(8-2)107-52-25-39(9-10-51(52)106-49)11-12-80-62(100)46(90-65(103)45(31-58-78-23-24-79-58)89-67(105)48(92-64(102)44(87-38(6)96)30-57-76-21-22-77-57)34-83-60(98)41(85-36(4)94)27-54-70-15-16-71-54)32-81-61(99)42(28-55-72-17-18-73-55)88-66(104)47(91-63(101)43(86-37(5)95)29-56-74-19-20-75-56)33-82-59(97)40(84-35(3)93)26-53-68-13-14-69-53/h9-10,13-25,40-50H,7-8,11-12,26-34H2,1-6H3,(H,68,69)(H,70,71)(H,72,73)(H,74,75)(H,76,77)(H,78,79)(H,80,100)(H,81,99)(H,82,97)(H,83,98)(H,84,93)(H,85,94)(H,86,95)(H,87,96)(H,88,104)(H,89,105)(H,90,103)(H,91,101)(H,92,102). The van der Waals surface area contributed by atoms with E-state index in [9.17, 15) is 57.5 Å². The van der Waals surface area contributed by atoms with Crippen LogP contribution in [0.2, 0.25) is 0 Å². The predicted octanol–water partition coefficient (Wildman–Crippen LogP) is -4.74. The number of benzene rings is 1. The van der Waals surface area contributed by atoms with Crippen molar-refractivity contribution in [2.24, 2.45) is 0 Å². The largest absolute Gasteiger partial charge is 0.483 e. The molecular formula is C67H89N25O15. The first kappa shape index (κ1) is 79.9. The molecule has 1 aliphatic rings. The summed E-state index contributed by atoms with van der Waals surface area (Å²) in [7, 11) is 0. The molecule has 11 atom stereocenters. The molecule has 1 aliphatic heterocycles. The fourth-order valence-corrected chi connectivity index (χ4v) is 11.3. The number of aromatic nitrogens is 12. The van der Waals surface area contributed by atoms with Crippen LogP contribution in [0.5, 0.6) is 11.5 Å². The summed E-state index contributed by atoms with van der Waals surface area (Å²) in [6, 6.07) is -8.55. The van der Waals surface area contributed by atoms with E-state index in [1.165, 1.54) is 88.2 Å². The number of ether oxygens (including phenoxy) is 2. The van der Waals surface area contributed by atoms with Crippen LogP contribution in [0.25, 0.3) is 0 Å². The first-order chi connectivity index (χ1) is 51.4. The van der Waals surface area contributed by atoms with Crippen LogP contribution in [0.15, 0.2) is 92.6 Å². The van der Waals surface area contributed by atoms with E-state index in [1.54, 1.807) is 18.2 Å². The number of hydrogen-bond acceptors (Lipinski definition) is 21. The summed E-state index contributed by atoms with van der Waals surface area (Å²) in [5.74, 6) is -8.63. The van der Waals surface area contributed by atoms with Gasteiger partial charge < -0.3 is 108 Å². The lowest BCUT2D eigenvalue weighted by molar-refractivity contribution is -0.135. The van der Waals surface area contributed by atoms with E-state index >= 15 is 4.79 Å². The van der Waals surface area contributed by atoms with E-state index in [-0.39, 0.29) is 74.2 Å². The molecule has 107 heavy (non-hydrogen) atoms. The molecule has 0 spiro atoms. The lowest BCUT2D eigenvalue weighted by Crippen LogP contribution is -2.63. The van der Waals surface area contributed by atoms with E-state index in [0.29, 0.717) is 41.6 Å². The Kier molecular flexibility index (Phi) is 29.7. The van der Waals surface area contributed by atoms with Gasteiger partial charge in [0.15, 0.2) is 11.5 Å². The van der Waals surface area contributed by atoms with Crippen LogP contribution in [-0.2, 0) is 107 Å². The molecule has 13 amide bonds. The van der Waals surface area contributed by atoms with Crippen molar-refractivity contribution in [3.8, 4) is 11.5 Å².